The molecule has 2 N–H and O–H groups in total. The Morgan fingerprint density at radius 1 is 1.21 bits per heavy atom. The maximum atomic E-state index is 13.4. The normalized spacial score (nSPS) is 13.8. The Balaban J connectivity index is 1.61. The van der Waals surface area contributed by atoms with Crippen molar-refractivity contribution < 1.29 is 27.5 Å². The first kappa shape index (κ1) is 20.7. The van der Waals surface area contributed by atoms with Crippen LogP contribution in [0.3, 0.4) is 0 Å². The highest BCUT2D eigenvalue weighted by molar-refractivity contribution is 5.93. The van der Waals surface area contributed by atoms with E-state index in [4.69, 9.17) is 4.42 Å². The molecule has 0 unspecified atom stereocenters. The van der Waals surface area contributed by atoms with Crippen molar-refractivity contribution in [2.24, 2.45) is 0 Å². The van der Waals surface area contributed by atoms with Gasteiger partial charge in [0, 0.05) is 19.2 Å². The van der Waals surface area contributed by atoms with Crippen molar-refractivity contribution in [3.05, 3.63) is 77.5 Å². The number of benzene rings is 1. The van der Waals surface area contributed by atoms with Crippen molar-refractivity contribution in [1.29, 1.82) is 0 Å². The lowest BCUT2D eigenvalue weighted by atomic mass is 9.95. The van der Waals surface area contributed by atoms with Crippen molar-refractivity contribution in [1.82, 2.24) is 15.1 Å². The molecule has 0 bridgehead atoms. The molecule has 9 heteroatoms. The van der Waals surface area contributed by atoms with Crippen LogP contribution in [0, 0.1) is 6.92 Å². The van der Waals surface area contributed by atoms with Crippen LogP contribution in [0.25, 0.3) is 0 Å². The Bertz CT molecular complexity index is 966. The molecule has 3 rings (SSSR count). The van der Waals surface area contributed by atoms with Gasteiger partial charge in [0.15, 0.2) is 0 Å². The van der Waals surface area contributed by atoms with E-state index < -0.39 is 36.4 Å². The van der Waals surface area contributed by atoms with E-state index in [0.29, 0.717) is 6.54 Å². The minimum absolute atomic E-state index is 0.213. The second-order valence-corrected chi connectivity index (χ2v) is 6.69. The van der Waals surface area contributed by atoms with Crippen LogP contribution in [-0.2, 0) is 12.1 Å². The summed E-state index contributed by atoms with van der Waals surface area (Å²) >= 11 is 0. The van der Waals surface area contributed by atoms with Gasteiger partial charge >= 0.3 is 6.18 Å². The summed E-state index contributed by atoms with van der Waals surface area (Å²) in [6, 6.07) is 11.9. The molecule has 2 heterocycles. The maximum absolute atomic E-state index is 13.4. The summed E-state index contributed by atoms with van der Waals surface area (Å²) in [6.45, 7) is 1.54. The molecule has 0 radical (unpaired) electrons. The predicted molar refractivity (Wildman–Crippen MR) is 98.1 cm³/mol. The summed E-state index contributed by atoms with van der Waals surface area (Å²) < 4.78 is 46.8. The molecule has 0 saturated carbocycles. The van der Waals surface area contributed by atoms with E-state index in [1.807, 2.05) is 30.3 Å². The summed E-state index contributed by atoms with van der Waals surface area (Å²) in [4.78, 5) is 12.2. The number of hydrogen-bond acceptors (Lipinski definition) is 4. The maximum Gasteiger partial charge on any atom is 0.424 e. The van der Waals surface area contributed by atoms with Gasteiger partial charge in [0.25, 0.3) is 5.91 Å². The minimum atomic E-state index is -4.96. The monoisotopic (exact) mass is 407 g/mol. The average molecular weight is 407 g/mol. The molecule has 2 aromatic heterocycles. The smallest absolute Gasteiger partial charge is 0.424 e. The number of halogens is 3. The molecule has 0 aliphatic carbocycles. The van der Waals surface area contributed by atoms with Crippen molar-refractivity contribution >= 4 is 5.91 Å². The number of nitrogens with zero attached hydrogens (tertiary/aromatic N) is 2. The van der Waals surface area contributed by atoms with Crippen LogP contribution in [0.15, 0.2) is 59.3 Å². The first-order chi connectivity index (χ1) is 13.7. The van der Waals surface area contributed by atoms with E-state index in [-0.39, 0.29) is 11.3 Å². The number of hydrogen-bond donors (Lipinski definition) is 2. The Labute approximate surface area is 165 Å². The van der Waals surface area contributed by atoms with Crippen LogP contribution in [0.5, 0.6) is 0 Å². The number of aliphatic hydroxyl groups is 1. The topological polar surface area (TPSA) is 80.3 Å². The molecule has 1 aromatic carbocycles. The van der Waals surface area contributed by atoms with Crippen LogP contribution in [0.2, 0.25) is 0 Å². The van der Waals surface area contributed by atoms with Gasteiger partial charge in [0.1, 0.15) is 11.5 Å². The first-order valence-corrected chi connectivity index (χ1v) is 8.89. The highest BCUT2D eigenvalue weighted by atomic mass is 19.4. The van der Waals surface area contributed by atoms with Gasteiger partial charge in [-0.25, -0.2) is 0 Å². The Kier molecular flexibility index (Phi) is 5.78. The molecule has 154 valence electrons. The van der Waals surface area contributed by atoms with Crippen molar-refractivity contribution in [2.75, 3.05) is 6.54 Å². The largest absolute Gasteiger partial charge is 0.463 e. The molecule has 6 nitrogen and oxygen atoms in total. The fourth-order valence-electron chi connectivity index (χ4n) is 2.86. The summed E-state index contributed by atoms with van der Waals surface area (Å²) in [5.41, 5.74) is -1.98. The average Bonchev–Trinajstić information content (AvgIpc) is 3.31. The van der Waals surface area contributed by atoms with Gasteiger partial charge in [-0.15, -0.1) is 0 Å². The molecule has 0 aliphatic heterocycles. The third-order valence-corrected chi connectivity index (χ3v) is 4.47. The summed E-state index contributed by atoms with van der Waals surface area (Å²) in [6.07, 6.45) is -2.89. The second kappa shape index (κ2) is 8.12. The number of aromatic nitrogens is 2. The summed E-state index contributed by atoms with van der Waals surface area (Å²) in [5.74, 6) is -0.936. The Morgan fingerprint density at radius 2 is 1.93 bits per heavy atom. The molecule has 0 saturated heterocycles. The van der Waals surface area contributed by atoms with E-state index in [1.165, 1.54) is 25.4 Å². The molecule has 3 aromatic rings. The summed E-state index contributed by atoms with van der Waals surface area (Å²) in [5, 5.41) is 16.7. The zero-order valence-corrected chi connectivity index (χ0v) is 15.6. The van der Waals surface area contributed by atoms with Gasteiger partial charge in [-0.3, -0.25) is 9.48 Å². The van der Waals surface area contributed by atoms with Gasteiger partial charge < -0.3 is 14.8 Å². The molecule has 0 spiro atoms. The van der Waals surface area contributed by atoms with E-state index in [0.717, 1.165) is 11.6 Å². The van der Waals surface area contributed by atoms with E-state index in [9.17, 15) is 23.1 Å². The minimum Gasteiger partial charge on any atom is -0.463 e. The molecular formula is C20H20F3N3O3. The first-order valence-electron chi connectivity index (χ1n) is 8.89. The van der Waals surface area contributed by atoms with Crippen LogP contribution < -0.4 is 5.32 Å². The van der Waals surface area contributed by atoms with E-state index >= 15 is 0 Å². The van der Waals surface area contributed by atoms with Crippen molar-refractivity contribution in [3.8, 4) is 0 Å². The number of carbonyl (C=O) groups excluding carboxylic acids is 1. The number of amides is 1. The number of alkyl halides is 3. The number of rotatable bonds is 7. The van der Waals surface area contributed by atoms with Crippen LogP contribution in [0.1, 0.15) is 33.9 Å². The number of nitrogens with one attached hydrogen (secondary N) is 1. The van der Waals surface area contributed by atoms with Gasteiger partial charge in [-0.05, 0) is 24.6 Å². The molecule has 29 heavy (non-hydrogen) atoms. The van der Waals surface area contributed by atoms with Crippen molar-refractivity contribution in [2.45, 2.75) is 31.7 Å². The third-order valence-electron chi connectivity index (χ3n) is 4.47. The Morgan fingerprint density at radius 3 is 2.55 bits per heavy atom. The molecule has 1 amide bonds. The van der Waals surface area contributed by atoms with Gasteiger partial charge in [0.05, 0.1) is 18.3 Å². The molecule has 1 atom stereocenters. The van der Waals surface area contributed by atoms with Gasteiger partial charge in [0.2, 0.25) is 5.60 Å². The Hall–Kier alpha value is -3.07. The standard InChI is InChI=1S/C20H20F3N3O3/c1-14-7-8-17(29-14)19(28,20(21,22)23)9-10-24-18(27)16-11-25-26(13-16)12-15-5-3-2-4-6-15/h2-8,11,13,28H,9-10,12H2,1H3,(H,24,27)/t19-/m1/s1. The SMILES string of the molecule is Cc1ccc([C@](O)(CCNC(=O)c2cnn(Cc3ccccc3)c2)C(F)(F)F)o1. The fourth-order valence-corrected chi connectivity index (χ4v) is 2.86. The van der Waals surface area contributed by atoms with Gasteiger partial charge in [-0.2, -0.15) is 18.3 Å². The van der Waals surface area contributed by atoms with Crippen LogP contribution in [0.4, 0.5) is 13.2 Å². The van der Waals surface area contributed by atoms with E-state index in [1.54, 1.807) is 4.68 Å². The highest BCUT2D eigenvalue weighted by Gasteiger charge is 2.56. The molecule has 0 aliphatic rings. The third kappa shape index (κ3) is 4.68. The fraction of sp³-hybridized carbons (Fsp3) is 0.300. The number of carbonyl (C=O) groups is 1. The lowest BCUT2D eigenvalue weighted by molar-refractivity contribution is -0.274. The molecule has 0 fully saturated rings. The lowest BCUT2D eigenvalue weighted by Gasteiger charge is -2.28. The van der Waals surface area contributed by atoms with Crippen LogP contribution >= 0.6 is 0 Å². The zero-order valence-electron chi connectivity index (χ0n) is 15.6. The number of furan rings is 1. The zero-order chi connectivity index (χ0) is 21.1. The number of aryl methyl sites for hydroxylation is 1. The van der Waals surface area contributed by atoms with E-state index in [2.05, 4.69) is 10.4 Å². The van der Waals surface area contributed by atoms with Crippen molar-refractivity contribution in [3.63, 3.8) is 0 Å². The van der Waals surface area contributed by atoms with Crippen LogP contribution in [-0.4, -0.2) is 33.5 Å². The highest BCUT2D eigenvalue weighted by Crippen LogP contribution is 2.42. The predicted octanol–water partition coefficient (Wildman–Crippen LogP) is 3.40. The second-order valence-electron chi connectivity index (χ2n) is 6.69. The molecular weight excluding hydrogens is 387 g/mol. The lowest BCUT2D eigenvalue weighted by Crippen LogP contribution is -2.44. The summed E-state index contributed by atoms with van der Waals surface area (Å²) in [7, 11) is 0. The van der Waals surface area contributed by atoms with Gasteiger partial charge in [-0.1, -0.05) is 30.3 Å². The quantitative estimate of drug-likeness (QED) is 0.629.